The summed E-state index contributed by atoms with van der Waals surface area (Å²) in [5.74, 6) is 1.89. The van der Waals surface area contributed by atoms with E-state index in [9.17, 15) is 4.79 Å². The van der Waals surface area contributed by atoms with Crippen molar-refractivity contribution in [3.8, 4) is 0 Å². The summed E-state index contributed by atoms with van der Waals surface area (Å²) in [6.07, 6.45) is 4.07. The molecule has 3 rings (SSSR count). The zero-order valence-corrected chi connectivity index (χ0v) is 15.8. The van der Waals surface area contributed by atoms with Crippen LogP contribution < -0.4 is 15.1 Å². The van der Waals surface area contributed by atoms with Crippen LogP contribution in [0, 0.1) is 6.92 Å². The summed E-state index contributed by atoms with van der Waals surface area (Å²) in [5.41, 5.74) is 2.24. The van der Waals surface area contributed by atoms with Crippen LogP contribution in [0.3, 0.4) is 0 Å². The Labute approximate surface area is 155 Å². The van der Waals surface area contributed by atoms with E-state index in [4.69, 9.17) is 0 Å². The molecule has 0 aliphatic carbocycles. The van der Waals surface area contributed by atoms with Crippen LogP contribution in [0.25, 0.3) is 0 Å². The summed E-state index contributed by atoms with van der Waals surface area (Å²) in [6, 6.07) is 10.3. The van der Waals surface area contributed by atoms with E-state index in [1.807, 2.05) is 50.2 Å². The van der Waals surface area contributed by atoms with Gasteiger partial charge in [0.2, 0.25) is 5.91 Å². The summed E-state index contributed by atoms with van der Waals surface area (Å²) in [4.78, 5) is 25.3. The quantitative estimate of drug-likeness (QED) is 0.893. The molecule has 26 heavy (non-hydrogen) atoms. The highest BCUT2D eigenvalue weighted by molar-refractivity contribution is 5.79. The van der Waals surface area contributed by atoms with Gasteiger partial charge >= 0.3 is 0 Å². The Balaban J connectivity index is 1.60. The summed E-state index contributed by atoms with van der Waals surface area (Å²) in [5, 5.41) is 3.19. The molecule has 1 atom stereocenters. The Hall–Kier alpha value is -2.63. The van der Waals surface area contributed by atoms with Crippen molar-refractivity contribution < 1.29 is 4.79 Å². The Morgan fingerprint density at radius 3 is 2.92 bits per heavy atom. The van der Waals surface area contributed by atoms with Gasteiger partial charge in [0.15, 0.2) is 0 Å². The van der Waals surface area contributed by atoms with Crippen molar-refractivity contribution in [3.63, 3.8) is 0 Å². The molecule has 1 fully saturated rings. The van der Waals surface area contributed by atoms with E-state index in [0.717, 1.165) is 43.1 Å². The molecule has 138 valence electrons. The van der Waals surface area contributed by atoms with Crippen LogP contribution in [0.1, 0.15) is 24.0 Å². The standard InChI is InChI=1S/C20H27N5O/c1-15-6-4-7-16(10-15)11-20(26)23-17-8-5-9-25(13-17)19-12-18(24(2)3)21-14-22-19/h4,6-7,10,12,14,17H,5,8-9,11,13H2,1-3H3,(H,23,26)/t17-/m0/s1. The van der Waals surface area contributed by atoms with Gasteiger partial charge in [0, 0.05) is 39.3 Å². The number of hydrogen-bond acceptors (Lipinski definition) is 5. The van der Waals surface area contributed by atoms with Crippen molar-refractivity contribution in [3.05, 3.63) is 47.8 Å². The second-order valence-corrected chi connectivity index (χ2v) is 7.15. The van der Waals surface area contributed by atoms with Crippen molar-refractivity contribution in [2.24, 2.45) is 0 Å². The van der Waals surface area contributed by atoms with Crippen LogP contribution in [0.5, 0.6) is 0 Å². The van der Waals surface area contributed by atoms with Crippen molar-refractivity contribution in [1.29, 1.82) is 0 Å². The topological polar surface area (TPSA) is 61.4 Å². The SMILES string of the molecule is Cc1cccc(CC(=O)N[C@H]2CCCN(c3cc(N(C)C)ncn3)C2)c1. The number of benzene rings is 1. The first-order chi connectivity index (χ1) is 12.5. The van der Waals surface area contributed by atoms with Gasteiger partial charge in [-0.15, -0.1) is 0 Å². The van der Waals surface area contributed by atoms with Gasteiger partial charge in [0.05, 0.1) is 6.42 Å². The number of piperidine rings is 1. The summed E-state index contributed by atoms with van der Waals surface area (Å²) < 4.78 is 0. The van der Waals surface area contributed by atoms with Gasteiger partial charge < -0.3 is 15.1 Å². The maximum Gasteiger partial charge on any atom is 0.224 e. The zero-order chi connectivity index (χ0) is 18.5. The molecule has 0 unspecified atom stereocenters. The molecule has 1 N–H and O–H groups in total. The second kappa shape index (κ2) is 8.17. The van der Waals surface area contributed by atoms with Crippen LogP contribution in [0.2, 0.25) is 0 Å². The average molecular weight is 353 g/mol. The maximum absolute atomic E-state index is 12.4. The third-order valence-electron chi connectivity index (χ3n) is 4.65. The molecule has 0 bridgehead atoms. The van der Waals surface area contributed by atoms with Crippen molar-refractivity contribution >= 4 is 17.5 Å². The minimum atomic E-state index is 0.0825. The molecule has 1 aliphatic rings. The van der Waals surface area contributed by atoms with Gasteiger partial charge in [-0.05, 0) is 25.3 Å². The largest absolute Gasteiger partial charge is 0.363 e. The first-order valence-corrected chi connectivity index (χ1v) is 9.10. The maximum atomic E-state index is 12.4. The molecule has 1 aromatic heterocycles. The highest BCUT2D eigenvalue weighted by Gasteiger charge is 2.22. The van der Waals surface area contributed by atoms with E-state index in [-0.39, 0.29) is 11.9 Å². The first kappa shape index (κ1) is 18.2. The molecular weight excluding hydrogens is 326 g/mol. The summed E-state index contributed by atoms with van der Waals surface area (Å²) >= 11 is 0. The van der Waals surface area contributed by atoms with Crippen LogP contribution in [0.4, 0.5) is 11.6 Å². The van der Waals surface area contributed by atoms with Gasteiger partial charge in [0.25, 0.3) is 0 Å². The molecule has 6 heteroatoms. The molecule has 2 heterocycles. The smallest absolute Gasteiger partial charge is 0.224 e. The molecular formula is C20H27N5O. The highest BCUT2D eigenvalue weighted by atomic mass is 16.1. The molecule has 6 nitrogen and oxygen atoms in total. The van der Waals surface area contributed by atoms with Crippen molar-refractivity contribution in [1.82, 2.24) is 15.3 Å². The van der Waals surface area contributed by atoms with Gasteiger partial charge in [-0.1, -0.05) is 29.8 Å². The number of carbonyl (C=O) groups is 1. The van der Waals surface area contributed by atoms with Crippen molar-refractivity contribution in [2.75, 3.05) is 37.0 Å². The number of carbonyl (C=O) groups excluding carboxylic acids is 1. The normalized spacial score (nSPS) is 17.0. The third kappa shape index (κ3) is 4.71. The number of hydrogen-bond donors (Lipinski definition) is 1. The second-order valence-electron chi connectivity index (χ2n) is 7.15. The lowest BCUT2D eigenvalue weighted by molar-refractivity contribution is -0.121. The fourth-order valence-electron chi connectivity index (χ4n) is 3.34. The van der Waals surface area contributed by atoms with Gasteiger partial charge in [0.1, 0.15) is 18.0 Å². The molecule has 1 amide bonds. The van der Waals surface area contributed by atoms with E-state index in [1.165, 1.54) is 5.56 Å². The highest BCUT2D eigenvalue weighted by Crippen LogP contribution is 2.20. The fourth-order valence-corrected chi connectivity index (χ4v) is 3.34. The van der Waals surface area contributed by atoms with Crippen LogP contribution >= 0.6 is 0 Å². The van der Waals surface area contributed by atoms with E-state index in [0.29, 0.717) is 6.42 Å². The number of anilines is 2. The first-order valence-electron chi connectivity index (χ1n) is 9.10. The Kier molecular flexibility index (Phi) is 5.71. The lowest BCUT2D eigenvalue weighted by Crippen LogP contribution is -2.48. The molecule has 1 aromatic carbocycles. The Bertz CT molecular complexity index is 761. The van der Waals surface area contributed by atoms with Crippen molar-refractivity contribution in [2.45, 2.75) is 32.2 Å². The molecule has 0 spiro atoms. The molecule has 1 aliphatic heterocycles. The lowest BCUT2D eigenvalue weighted by Gasteiger charge is -2.34. The molecule has 0 saturated carbocycles. The Morgan fingerprint density at radius 2 is 2.15 bits per heavy atom. The predicted octanol–water partition coefficient (Wildman–Crippen LogP) is 2.18. The Morgan fingerprint density at radius 1 is 1.31 bits per heavy atom. The fraction of sp³-hybridized carbons (Fsp3) is 0.450. The van der Waals surface area contributed by atoms with E-state index in [2.05, 4.69) is 26.3 Å². The molecule has 1 saturated heterocycles. The average Bonchev–Trinajstić information content (AvgIpc) is 2.62. The van der Waals surface area contributed by atoms with E-state index >= 15 is 0 Å². The number of nitrogens with one attached hydrogen (secondary N) is 1. The number of aromatic nitrogens is 2. The van der Waals surface area contributed by atoms with Gasteiger partial charge in [-0.3, -0.25) is 4.79 Å². The number of nitrogens with zero attached hydrogens (tertiary/aromatic N) is 4. The summed E-state index contributed by atoms with van der Waals surface area (Å²) in [7, 11) is 3.94. The van der Waals surface area contributed by atoms with Gasteiger partial charge in [-0.2, -0.15) is 0 Å². The van der Waals surface area contributed by atoms with Gasteiger partial charge in [-0.25, -0.2) is 9.97 Å². The van der Waals surface area contributed by atoms with Crippen LogP contribution in [-0.4, -0.2) is 49.1 Å². The monoisotopic (exact) mass is 353 g/mol. The third-order valence-corrected chi connectivity index (χ3v) is 4.65. The van der Waals surface area contributed by atoms with Crippen LogP contribution in [-0.2, 0) is 11.2 Å². The zero-order valence-electron chi connectivity index (χ0n) is 15.8. The molecule has 2 aromatic rings. The number of amides is 1. The number of aryl methyl sites for hydroxylation is 1. The summed E-state index contributed by atoms with van der Waals surface area (Å²) in [6.45, 7) is 3.78. The van der Waals surface area contributed by atoms with E-state index in [1.54, 1.807) is 6.33 Å². The van der Waals surface area contributed by atoms with Crippen LogP contribution in [0.15, 0.2) is 36.7 Å². The minimum Gasteiger partial charge on any atom is -0.363 e. The molecule has 0 radical (unpaired) electrons. The predicted molar refractivity (Wildman–Crippen MR) is 105 cm³/mol. The lowest BCUT2D eigenvalue weighted by atomic mass is 10.0. The van der Waals surface area contributed by atoms with E-state index < -0.39 is 0 Å². The minimum absolute atomic E-state index is 0.0825. The number of rotatable bonds is 5.